The molecule has 2 unspecified atom stereocenters. The molecule has 2 aromatic rings. The van der Waals surface area contributed by atoms with Crippen LogP contribution in [0.25, 0.3) is 0 Å². The van der Waals surface area contributed by atoms with E-state index in [0.717, 1.165) is 11.3 Å². The first-order chi connectivity index (χ1) is 12.6. The predicted octanol–water partition coefficient (Wildman–Crippen LogP) is 2.59. The molecular formula is C20H23NO5. The van der Waals surface area contributed by atoms with E-state index >= 15 is 0 Å². The van der Waals surface area contributed by atoms with Crippen LogP contribution in [0, 0.1) is 0 Å². The Morgan fingerprint density at radius 1 is 1.15 bits per heavy atom. The van der Waals surface area contributed by atoms with Gasteiger partial charge in [-0.2, -0.15) is 0 Å². The Bertz CT molecular complexity index is 777. The van der Waals surface area contributed by atoms with Crippen LogP contribution in [-0.2, 0) is 11.2 Å². The van der Waals surface area contributed by atoms with Crippen molar-refractivity contribution in [2.75, 3.05) is 20.8 Å². The van der Waals surface area contributed by atoms with E-state index in [4.69, 9.17) is 18.9 Å². The highest BCUT2D eigenvalue weighted by Crippen LogP contribution is 2.31. The summed E-state index contributed by atoms with van der Waals surface area (Å²) in [5.74, 6) is 2.58. The fraction of sp³-hybridized carbons (Fsp3) is 0.350. The summed E-state index contributed by atoms with van der Waals surface area (Å²) in [7, 11) is 3.15. The number of amides is 1. The molecule has 1 heterocycles. The van der Waals surface area contributed by atoms with E-state index in [1.54, 1.807) is 26.4 Å². The van der Waals surface area contributed by atoms with E-state index in [-0.39, 0.29) is 24.5 Å². The number of ether oxygens (including phenoxy) is 4. The van der Waals surface area contributed by atoms with E-state index in [1.807, 2.05) is 37.3 Å². The van der Waals surface area contributed by atoms with E-state index in [0.29, 0.717) is 23.9 Å². The molecule has 0 fully saturated rings. The molecule has 1 amide bonds. The standard InChI is InChI=1S/C20H23NO5/c1-13(19-12-25-16-6-4-5-7-17(16)26-19)21-20(22)11-14-8-9-15(23-2)18(10-14)24-3/h4-10,13,19H,11-12H2,1-3H3,(H,21,22). The summed E-state index contributed by atoms with van der Waals surface area (Å²) in [6, 6.07) is 12.8. The molecular weight excluding hydrogens is 334 g/mol. The van der Waals surface area contributed by atoms with Crippen LogP contribution < -0.4 is 24.3 Å². The number of rotatable bonds is 6. The minimum Gasteiger partial charge on any atom is -0.493 e. The summed E-state index contributed by atoms with van der Waals surface area (Å²) in [4.78, 5) is 12.4. The number of nitrogens with one attached hydrogen (secondary N) is 1. The van der Waals surface area contributed by atoms with Crippen molar-refractivity contribution >= 4 is 5.91 Å². The molecule has 0 aromatic heterocycles. The van der Waals surface area contributed by atoms with Crippen molar-refractivity contribution in [1.82, 2.24) is 5.32 Å². The Hall–Kier alpha value is -2.89. The summed E-state index contributed by atoms with van der Waals surface area (Å²) < 4.78 is 22.1. The molecule has 26 heavy (non-hydrogen) atoms. The molecule has 0 aliphatic carbocycles. The Morgan fingerprint density at radius 3 is 2.62 bits per heavy atom. The molecule has 0 saturated heterocycles. The average Bonchev–Trinajstić information content (AvgIpc) is 2.67. The molecule has 0 bridgehead atoms. The quantitative estimate of drug-likeness (QED) is 0.861. The number of methoxy groups -OCH3 is 2. The van der Waals surface area contributed by atoms with Crippen LogP contribution in [0.3, 0.4) is 0 Å². The topological polar surface area (TPSA) is 66.0 Å². The minimum atomic E-state index is -0.237. The number of carbonyl (C=O) groups is 1. The van der Waals surface area contributed by atoms with Crippen LogP contribution in [-0.4, -0.2) is 38.9 Å². The molecule has 1 aliphatic heterocycles. The first-order valence-corrected chi connectivity index (χ1v) is 8.49. The van der Waals surface area contributed by atoms with E-state index in [9.17, 15) is 4.79 Å². The van der Waals surface area contributed by atoms with Gasteiger partial charge in [-0.05, 0) is 36.8 Å². The Kier molecular flexibility index (Phi) is 5.51. The third-order valence-electron chi connectivity index (χ3n) is 4.29. The zero-order valence-corrected chi connectivity index (χ0v) is 15.2. The molecule has 138 valence electrons. The molecule has 2 atom stereocenters. The molecule has 0 radical (unpaired) electrons. The molecule has 1 N–H and O–H groups in total. The number of carbonyl (C=O) groups excluding carboxylic acids is 1. The number of benzene rings is 2. The van der Waals surface area contributed by atoms with Gasteiger partial charge in [0.2, 0.25) is 5.91 Å². The maximum Gasteiger partial charge on any atom is 0.224 e. The molecule has 2 aromatic carbocycles. The van der Waals surface area contributed by atoms with Crippen molar-refractivity contribution in [3.8, 4) is 23.0 Å². The van der Waals surface area contributed by atoms with Gasteiger partial charge in [0.1, 0.15) is 6.61 Å². The molecule has 0 saturated carbocycles. The highest BCUT2D eigenvalue weighted by molar-refractivity contribution is 5.79. The van der Waals surface area contributed by atoms with Gasteiger partial charge in [0, 0.05) is 0 Å². The highest BCUT2D eigenvalue weighted by atomic mass is 16.6. The van der Waals surface area contributed by atoms with Crippen LogP contribution in [0.4, 0.5) is 0 Å². The van der Waals surface area contributed by atoms with Crippen LogP contribution in [0.15, 0.2) is 42.5 Å². The van der Waals surface area contributed by atoms with Gasteiger partial charge in [-0.1, -0.05) is 18.2 Å². The van der Waals surface area contributed by atoms with E-state index in [2.05, 4.69) is 5.32 Å². The molecule has 1 aliphatic rings. The zero-order chi connectivity index (χ0) is 18.5. The Morgan fingerprint density at radius 2 is 1.88 bits per heavy atom. The summed E-state index contributed by atoms with van der Waals surface area (Å²) in [6.07, 6.45) is 0.00810. The molecule has 3 rings (SSSR count). The second-order valence-corrected chi connectivity index (χ2v) is 6.14. The second-order valence-electron chi connectivity index (χ2n) is 6.14. The number of hydrogen-bond donors (Lipinski definition) is 1. The van der Waals surface area contributed by atoms with Crippen LogP contribution in [0.2, 0.25) is 0 Å². The van der Waals surface area contributed by atoms with Crippen LogP contribution >= 0.6 is 0 Å². The highest BCUT2D eigenvalue weighted by Gasteiger charge is 2.27. The fourth-order valence-electron chi connectivity index (χ4n) is 2.86. The van der Waals surface area contributed by atoms with Crippen LogP contribution in [0.5, 0.6) is 23.0 Å². The number of hydrogen-bond acceptors (Lipinski definition) is 5. The third kappa shape index (κ3) is 4.02. The summed E-state index contributed by atoms with van der Waals surface area (Å²) in [6.45, 7) is 2.31. The van der Waals surface area contributed by atoms with Gasteiger partial charge in [0.25, 0.3) is 0 Å². The summed E-state index contributed by atoms with van der Waals surface area (Å²) in [5.41, 5.74) is 0.846. The number of para-hydroxylation sites is 2. The normalized spacial score (nSPS) is 16.5. The lowest BCUT2D eigenvalue weighted by Gasteiger charge is -2.30. The average molecular weight is 357 g/mol. The van der Waals surface area contributed by atoms with E-state index < -0.39 is 0 Å². The van der Waals surface area contributed by atoms with Gasteiger partial charge in [0.15, 0.2) is 29.1 Å². The van der Waals surface area contributed by atoms with Gasteiger partial charge in [0.05, 0.1) is 26.7 Å². The monoisotopic (exact) mass is 357 g/mol. The summed E-state index contributed by atoms with van der Waals surface area (Å²) >= 11 is 0. The molecule has 0 spiro atoms. The lowest BCUT2D eigenvalue weighted by molar-refractivity contribution is -0.121. The Balaban J connectivity index is 1.58. The first kappa shape index (κ1) is 17.9. The van der Waals surface area contributed by atoms with Crippen molar-refractivity contribution in [2.45, 2.75) is 25.5 Å². The first-order valence-electron chi connectivity index (χ1n) is 8.49. The van der Waals surface area contributed by atoms with E-state index in [1.165, 1.54) is 0 Å². The maximum atomic E-state index is 12.4. The lowest BCUT2D eigenvalue weighted by Crippen LogP contribution is -2.48. The maximum absolute atomic E-state index is 12.4. The van der Waals surface area contributed by atoms with Gasteiger partial charge < -0.3 is 24.3 Å². The predicted molar refractivity (Wildman–Crippen MR) is 97.2 cm³/mol. The van der Waals surface area contributed by atoms with Gasteiger partial charge in [-0.15, -0.1) is 0 Å². The van der Waals surface area contributed by atoms with Gasteiger partial charge >= 0.3 is 0 Å². The van der Waals surface area contributed by atoms with Crippen molar-refractivity contribution in [3.63, 3.8) is 0 Å². The van der Waals surface area contributed by atoms with Crippen LogP contribution in [0.1, 0.15) is 12.5 Å². The third-order valence-corrected chi connectivity index (χ3v) is 4.29. The summed E-state index contributed by atoms with van der Waals surface area (Å²) in [5, 5.41) is 2.98. The second kappa shape index (κ2) is 7.99. The van der Waals surface area contributed by atoms with Gasteiger partial charge in [-0.25, -0.2) is 0 Å². The molecule has 6 nitrogen and oxygen atoms in total. The Labute approximate surface area is 153 Å². The SMILES string of the molecule is COc1ccc(CC(=O)NC(C)C2COc3ccccc3O2)cc1OC. The largest absolute Gasteiger partial charge is 0.493 e. The van der Waals surface area contributed by atoms with Crippen molar-refractivity contribution in [3.05, 3.63) is 48.0 Å². The van der Waals surface area contributed by atoms with Gasteiger partial charge in [-0.3, -0.25) is 4.79 Å². The van der Waals surface area contributed by atoms with Crippen molar-refractivity contribution in [2.24, 2.45) is 0 Å². The lowest BCUT2D eigenvalue weighted by atomic mass is 10.1. The fourth-order valence-corrected chi connectivity index (χ4v) is 2.86. The minimum absolute atomic E-state index is 0.0906. The van der Waals surface area contributed by atoms with Crippen molar-refractivity contribution < 1.29 is 23.7 Å². The van der Waals surface area contributed by atoms with Crippen molar-refractivity contribution in [1.29, 1.82) is 0 Å². The smallest absolute Gasteiger partial charge is 0.224 e. The molecule has 6 heteroatoms. The number of fused-ring (bicyclic) bond motifs is 1. The zero-order valence-electron chi connectivity index (χ0n) is 15.2.